The smallest absolute Gasteiger partial charge is 0.331 e. The molecule has 0 spiro atoms. The molecule has 0 aliphatic carbocycles. The molecule has 0 saturated carbocycles. The Kier molecular flexibility index (Phi) is 4.04. The molecule has 104 valence electrons. The van der Waals surface area contributed by atoms with Crippen LogP contribution in [0, 0.1) is 12.7 Å². The van der Waals surface area contributed by atoms with Gasteiger partial charge in [-0.3, -0.25) is 0 Å². The van der Waals surface area contributed by atoms with Gasteiger partial charge in [0.15, 0.2) is 0 Å². The molecule has 0 radical (unpaired) electrons. The van der Waals surface area contributed by atoms with Crippen molar-refractivity contribution in [3.8, 4) is 0 Å². The van der Waals surface area contributed by atoms with Gasteiger partial charge in [0.1, 0.15) is 11.4 Å². The van der Waals surface area contributed by atoms with Crippen molar-refractivity contribution in [2.24, 2.45) is 0 Å². The SMILES string of the molecule is COC(=O)C1(Nc2cc(C)cc(F)c2)CCOCC1. The van der Waals surface area contributed by atoms with E-state index in [-0.39, 0.29) is 11.8 Å². The summed E-state index contributed by atoms with van der Waals surface area (Å²) in [6.07, 6.45) is 1.02. The second-order valence-corrected chi connectivity index (χ2v) is 4.83. The van der Waals surface area contributed by atoms with Gasteiger partial charge in [-0.25, -0.2) is 9.18 Å². The maximum atomic E-state index is 13.4. The van der Waals surface area contributed by atoms with Crippen molar-refractivity contribution in [3.05, 3.63) is 29.6 Å². The van der Waals surface area contributed by atoms with E-state index in [4.69, 9.17) is 9.47 Å². The third kappa shape index (κ3) is 3.04. The minimum atomic E-state index is -0.826. The lowest BCUT2D eigenvalue weighted by Crippen LogP contribution is -2.51. The maximum Gasteiger partial charge on any atom is 0.331 e. The van der Waals surface area contributed by atoms with Gasteiger partial charge < -0.3 is 14.8 Å². The first-order valence-corrected chi connectivity index (χ1v) is 6.27. The number of halogens is 1. The summed E-state index contributed by atoms with van der Waals surface area (Å²) in [5.74, 6) is -0.660. The standard InChI is InChI=1S/C14H18FNO3/c1-10-7-11(15)9-12(8-10)16-14(13(17)18-2)3-5-19-6-4-14/h7-9,16H,3-6H2,1-2H3. The number of esters is 1. The van der Waals surface area contributed by atoms with E-state index in [0.29, 0.717) is 31.7 Å². The number of hydrogen-bond acceptors (Lipinski definition) is 4. The van der Waals surface area contributed by atoms with Crippen LogP contribution < -0.4 is 5.32 Å². The predicted octanol–water partition coefficient (Wildman–Crippen LogP) is 2.27. The van der Waals surface area contributed by atoms with Gasteiger partial charge in [0.25, 0.3) is 0 Å². The number of anilines is 1. The summed E-state index contributed by atoms with van der Waals surface area (Å²) in [5, 5.41) is 3.13. The second kappa shape index (κ2) is 5.57. The summed E-state index contributed by atoms with van der Waals surface area (Å²) in [7, 11) is 1.36. The summed E-state index contributed by atoms with van der Waals surface area (Å²) in [6.45, 7) is 2.77. The number of aryl methyl sites for hydroxylation is 1. The fraction of sp³-hybridized carbons (Fsp3) is 0.500. The van der Waals surface area contributed by atoms with Gasteiger partial charge in [0, 0.05) is 31.7 Å². The molecule has 4 nitrogen and oxygen atoms in total. The molecule has 0 aromatic heterocycles. The lowest BCUT2D eigenvalue weighted by Gasteiger charge is -2.36. The van der Waals surface area contributed by atoms with Crippen molar-refractivity contribution in [3.63, 3.8) is 0 Å². The molecule has 5 heteroatoms. The van der Waals surface area contributed by atoms with Crippen LogP contribution in [0.1, 0.15) is 18.4 Å². The molecular weight excluding hydrogens is 249 g/mol. The van der Waals surface area contributed by atoms with Crippen LogP contribution >= 0.6 is 0 Å². The van der Waals surface area contributed by atoms with Crippen molar-refractivity contribution in [1.82, 2.24) is 0 Å². The topological polar surface area (TPSA) is 47.6 Å². The van der Waals surface area contributed by atoms with Crippen LogP contribution in [0.5, 0.6) is 0 Å². The van der Waals surface area contributed by atoms with Crippen molar-refractivity contribution >= 4 is 11.7 Å². The Bertz CT molecular complexity index is 450. The Hall–Kier alpha value is -1.62. The summed E-state index contributed by atoms with van der Waals surface area (Å²) in [5.41, 5.74) is 0.562. The molecule has 0 atom stereocenters. The van der Waals surface area contributed by atoms with Crippen molar-refractivity contribution in [2.45, 2.75) is 25.3 Å². The van der Waals surface area contributed by atoms with Gasteiger partial charge in [-0.15, -0.1) is 0 Å². The Morgan fingerprint density at radius 1 is 1.37 bits per heavy atom. The van der Waals surface area contributed by atoms with Crippen LogP contribution in [-0.4, -0.2) is 31.8 Å². The third-order valence-corrected chi connectivity index (χ3v) is 3.35. The molecule has 19 heavy (non-hydrogen) atoms. The lowest BCUT2D eigenvalue weighted by atomic mass is 9.89. The molecule has 1 N–H and O–H groups in total. The predicted molar refractivity (Wildman–Crippen MR) is 69.6 cm³/mol. The van der Waals surface area contributed by atoms with Crippen molar-refractivity contribution < 1.29 is 18.7 Å². The fourth-order valence-electron chi connectivity index (χ4n) is 2.38. The van der Waals surface area contributed by atoms with E-state index >= 15 is 0 Å². The molecule has 1 fully saturated rings. The average Bonchev–Trinajstić information content (AvgIpc) is 2.37. The molecule has 1 saturated heterocycles. The van der Waals surface area contributed by atoms with Gasteiger partial charge >= 0.3 is 5.97 Å². The zero-order valence-electron chi connectivity index (χ0n) is 11.2. The highest BCUT2D eigenvalue weighted by Crippen LogP contribution is 2.28. The van der Waals surface area contributed by atoms with E-state index in [2.05, 4.69) is 5.32 Å². The first-order valence-electron chi connectivity index (χ1n) is 6.27. The summed E-state index contributed by atoms with van der Waals surface area (Å²) in [4.78, 5) is 12.0. The normalized spacial score (nSPS) is 17.8. The van der Waals surface area contributed by atoms with E-state index < -0.39 is 5.54 Å². The van der Waals surface area contributed by atoms with E-state index in [1.807, 2.05) is 13.0 Å². The lowest BCUT2D eigenvalue weighted by molar-refractivity contribution is -0.149. The molecule has 0 bridgehead atoms. The minimum absolute atomic E-state index is 0.324. The third-order valence-electron chi connectivity index (χ3n) is 3.35. The molecule has 1 aromatic rings. The molecule has 2 rings (SSSR count). The Morgan fingerprint density at radius 3 is 2.63 bits per heavy atom. The van der Waals surface area contributed by atoms with E-state index in [1.165, 1.54) is 19.2 Å². The van der Waals surface area contributed by atoms with E-state index in [1.54, 1.807) is 0 Å². The van der Waals surface area contributed by atoms with Crippen LogP contribution in [0.4, 0.5) is 10.1 Å². The molecule has 1 heterocycles. The summed E-state index contributed by atoms with van der Waals surface area (Å²) in [6, 6.07) is 4.64. The monoisotopic (exact) mass is 267 g/mol. The van der Waals surface area contributed by atoms with Crippen LogP contribution in [0.3, 0.4) is 0 Å². The number of hydrogen-bond donors (Lipinski definition) is 1. The van der Waals surface area contributed by atoms with Gasteiger partial charge in [-0.05, 0) is 30.7 Å². The highest BCUT2D eigenvalue weighted by molar-refractivity contribution is 5.84. The Labute approximate surface area is 111 Å². The molecule has 0 unspecified atom stereocenters. The number of benzene rings is 1. The van der Waals surface area contributed by atoms with Gasteiger partial charge in [-0.2, -0.15) is 0 Å². The van der Waals surface area contributed by atoms with Crippen LogP contribution in [0.2, 0.25) is 0 Å². The highest BCUT2D eigenvalue weighted by Gasteiger charge is 2.41. The van der Waals surface area contributed by atoms with E-state index in [9.17, 15) is 9.18 Å². The van der Waals surface area contributed by atoms with Crippen LogP contribution in [0.25, 0.3) is 0 Å². The number of methoxy groups -OCH3 is 1. The van der Waals surface area contributed by atoms with Gasteiger partial charge in [-0.1, -0.05) is 0 Å². The number of ether oxygens (including phenoxy) is 2. The first kappa shape index (κ1) is 13.8. The number of carbonyl (C=O) groups is 1. The van der Waals surface area contributed by atoms with Gasteiger partial charge in [0.05, 0.1) is 7.11 Å². The van der Waals surface area contributed by atoms with Crippen LogP contribution in [0.15, 0.2) is 18.2 Å². The number of carbonyl (C=O) groups excluding carboxylic acids is 1. The Balaban J connectivity index is 2.27. The first-order chi connectivity index (χ1) is 9.05. The summed E-state index contributed by atoms with van der Waals surface area (Å²) >= 11 is 0. The number of rotatable bonds is 3. The average molecular weight is 267 g/mol. The fourth-order valence-corrected chi connectivity index (χ4v) is 2.38. The largest absolute Gasteiger partial charge is 0.467 e. The number of nitrogens with one attached hydrogen (secondary N) is 1. The zero-order valence-corrected chi connectivity index (χ0v) is 11.2. The minimum Gasteiger partial charge on any atom is -0.467 e. The molecule has 0 amide bonds. The molecule has 1 aliphatic heterocycles. The van der Waals surface area contributed by atoms with E-state index in [0.717, 1.165) is 5.56 Å². The highest BCUT2D eigenvalue weighted by atomic mass is 19.1. The molecular formula is C14H18FNO3. The van der Waals surface area contributed by atoms with Crippen molar-refractivity contribution in [1.29, 1.82) is 0 Å². The Morgan fingerprint density at radius 2 is 2.05 bits per heavy atom. The van der Waals surface area contributed by atoms with Crippen molar-refractivity contribution in [2.75, 3.05) is 25.6 Å². The second-order valence-electron chi connectivity index (χ2n) is 4.83. The summed E-state index contributed by atoms with van der Waals surface area (Å²) < 4.78 is 23.6. The molecule has 1 aromatic carbocycles. The molecule has 1 aliphatic rings. The van der Waals surface area contributed by atoms with Crippen LogP contribution in [-0.2, 0) is 14.3 Å². The quantitative estimate of drug-likeness (QED) is 0.853. The maximum absolute atomic E-state index is 13.4. The zero-order chi connectivity index (χ0) is 13.9. The van der Waals surface area contributed by atoms with Gasteiger partial charge in [0.2, 0.25) is 0 Å².